The van der Waals surface area contributed by atoms with Crippen molar-refractivity contribution in [2.75, 3.05) is 5.32 Å². The summed E-state index contributed by atoms with van der Waals surface area (Å²) in [5.41, 5.74) is 1.85. The van der Waals surface area contributed by atoms with Crippen molar-refractivity contribution in [2.24, 2.45) is 0 Å². The number of hydrogen-bond donors (Lipinski definition) is 1. The highest BCUT2D eigenvalue weighted by molar-refractivity contribution is 6.42. The van der Waals surface area contributed by atoms with E-state index in [9.17, 15) is 0 Å². The fraction of sp³-hybridized carbons (Fsp3) is 0.308. The lowest BCUT2D eigenvalue weighted by atomic mass is 10.3. The molecule has 2 rings (SSSR count). The van der Waals surface area contributed by atoms with Gasteiger partial charge in [-0.15, -0.1) is 0 Å². The number of nitrogens with one attached hydrogen (secondary N) is 1. The third-order valence-corrected chi connectivity index (χ3v) is 3.32. The van der Waals surface area contributed by atoms with Crippen LogP contribution in [0.25, 0.3) is 0 Å². The number of benzene rings is 1. The van der Waals surface area contributed by atoms with E-state index in [-0.39, 0.29) is 0 Å². The second-order valence-corrected chi connectivity index (χ2v) is 5.28. The number of aryl methyl sites for hydroxylation is 1. The molecule has 0 aliphatic carbocycles. The monoisotopic (exact) mass is 283 g/mol. The van der Waals surface area contributed by atoms with Gasteiger partial charge in [-0.3, -0.25) is 0 Å². The lowest BCUT2D eigenvalue weighted by Gasteiger charge is -2.13. The number of imidazole rings is 1. The Morgan fingerprint density at radius 1 is 1.22 bits per heavy atom. The van der Waals surface area contributed by atoms with Crippen molar-refractivity contribution >= 4 is 34.8 Å². The summed E-state index contributed by atoms with van der Waals surface area (Å²) in [6.07, 6.45) is 2.02. The zero-order valence-corrected chi connectivity index (χ0v) is 12.0. The Bertz CT molecular complexity index is 561. The summed E-state index contributed by atoms with van der Waals surface area (Å²) in [5.74, 6) is 0.806. The summed E-state index contributed by atoms with van der Waals surface area (Å²) in [6, 6.07) is 5.78. The zero-order chi connectivity index (χ0) is 13.3. The molecular weight excluding hydrogens is 269 g/mol. The Balaban J connectivity index is 2.30. The number of nitrogens with zero attached hydrogens (tertiary/aromatic N) is 2. The molecule has 1 aromatic heterocycles. The third kappa shape index (κ3) is 2.79. The molecule has 0 atom stereocenters. The SMILES string of the molecule is Cc1cn(C(C)C)c(Nc2ccc(Cl)c(Cl)c2)n1. The van der Waals surface area contributed by atoms with Crippen LogP contribution in [0.3, 0.4) is 0 Å². The Labute approximate surface area is 117 Å². The first kappa shape index (κ1) is 13.2. The topological polar surface area (TPSA) is 29.9 Å². The van der Waals surface area contributed by atoms with E-state index < -0.39 is 0 Å². The van der Waals surface area contributed by atoms with E-state index >= 15 is 0 Å². The molecule has 2 aromatic rings. The van der Waals surface area contributed by atoms with Gasteiger partial charge in [0.25, 0.3) is 0 Å². The van der Waals surface area contributed by atoms with Gasteiger partial charge in [-0.05, 0) is 39.0 Å². The summed E-state index contributed by atoms with van der Waals surface area (Å²) >= 11 is 11.9. The largest absolute Gasteiger partial charge is 0.326 e. The molecule has 18 heavy (non-hydrogen) atoms. The molecule has 1 heterocycles. The predicted molar refractivity (Wildman–Crippen MR) is 77.1 cm³/mol. The maximum Gasteiger partial charge on any atom is 0.207 e. The standard InChI is InChI=1S/C13H15Cl2N3/c1-8(2)18-7-9(3)16-13(18)17-10-4-5-11(14)12(15)6-10/h4-8H,1-3H3,(H,16,17). The number of anilines is 2. The van der Waals surface area contributed by atoms with Gasteiger partial charge in [0.15, 0.2) is 0 Å². The van der Waals surface area contributed by atoms with Gasteiger partial charge in [-0.1, -0.05) is 23.2 Å². The number of hydrogen-bond acceptors (Lipinski definition) is 2. The predicted octanol–water partition coefficient (Wildman–Crippen LogP) is 4.82. The molecule has 0 aliphatic heterocycles. The van der Waals surface area contributed by atoms with E-state index in [1.807, 2.05) is 19.2 Å². The summed E-state index contributed by atoms with van der Waals surface area (Å²) in [7, 11) is 0. The summed E-state index contributed by atoms with van der Waals surface area (Å²) in [6.45, 7) is 6.20. The molecule has 0 amide bonds. The molecule has 5 heteroatoms. The van der Waals surface area contributed by atoms with Crippen molar-refractivity contribution < 1.29 is 0 Å². The van der Waals surface area contributed by atoms with Crippen LogP contribution in [0.2, 0.25) is 10.0 Å². The van der Waals surface area contributed by atoms with Crippen LogP contribution >= 0.6 is 23.2 Å². The van der Waals surface area contributed by atoms with Crippen LogP contribution in [0.4, 0.5) is 11.6 Å². The van der Waals surface area contributed by atoms with Crippen LogP contribution in [0.15, 0.2) is 24.4 Å². The smallest absolute Gasteiger partial charge is 0.207 e. The highest BCUT2D eigenvalue weighted by Gasteiger charge is 2.09. The van der Waals surface area contributed by atoms with E-state index in [0.29, 0.717) is 16.1 Å². The maximum atomic E-state index is 5.99. The van der Waals surface area contributed by atoms with Gasteiger partial charge in [-0.25, -0.2) is 4.98 Å². The molecule has 0 saturated carbocycles. The molecular formula is C13H15Cl2N3. The Kier molecular flexibility index (Phi) is 3.83. The summed E-state index contributed by atoms with van der Waals surface area (Å²) in [4.78, 5) is 4.46. The molecule has 0 fully saturated rings. The van der Waals surface area contributed by atoms with Crippen LogP contribution in [0.1, 0.15) is 25.6 Å². The average Bonchev–Trinajstić information content (AvgIpc) is 2.65. The Hall–Kier alpha value is -1.19. The zero-order valence-electron chi connectivity index (χ0n) is 10.5. The number of halogens is 2. The first-order valence-corrected chi connectivity index (χ1v) is 6.50. The van der Waals surface area contributed by atoms with Gasteiger partial charge in [0, 0.05) is 17.9 Å². The van der Waals surface area contributed by atoms with Gasteiger partial charge in [0.1, 0.15) is 0 Å². The van der Waals surface area contributed by atoms with Gasteiger partial charge in [-0.2, -0.15) is 0 Å². The van der Waals surface area contributed by atoms with Gasteiger partial charge in [0.05, 0.1) is 15.7 Å². The van der Waals surface area contributed by atoms with Crippen LogP contribution in [-0.4, -0.2) is 9.55 Å². The molecule has 0 radical (unpaired) electrons. The van der Waals surface area contributed by atoms with E-state index in [0.717, 1.165) is 17.3 Å². The van der Waals surface area contributed by atoms with Crippen molar-refractivity contribution in [3.05, 3.63) is 40.1 Å². The maximum absolute atomic E-state index is 5.99. The molecule has 3 nitrogen and oxygen atoms in total. The third-order valence-electron chi connectivity index (χ3n) is 2.58. The average molecular weight is 284 g/mol. The quantitative estimate of drug-likeness (QED) is 0.875. The number of rotatable bonds is 3. The minimum Gasteiger partial charge on any atom is -0.326 e. The molecule has 1 N–H and O–H groups in total. The molecule has 0 saturated heterocycles. The second kappa shape index (κ2) is 5.21. The van der Waals surface area contributed by atoms with Crippen molar-refractivity contribution in [3.63, 3.8) is 0 Å². The van der Waals surface area contributed by atoms with E-state index in [1.165, 1.54) is 0 Å². The minimum atomic E-state index is 0.344. The molecule has 1 aromatic carbocycles. The molecule has 0 bridgehead atoms. The molecule has 0 unspecified atom stereocenters. The van der Waals surface area contributed by atoms with Crippen molar-refractivity contribution in [3.8, 4) is 0 Å². The molecule has 0 spiro atoms. The molecule has 96 valence electrons. The highest BCUT2D eigenvalue weighted by atomic mass is 35.5. The van der Waals surface area contributed by atoms with E-state index in [1.54, 1.807) is 12.1 Å². The Morgan fingerprint density at radius 2 is 1.94 bits per heavy atom. The van der Waals surface area contributed by atoms with Crippen LogP contribution in [0.5, 0.6) is 0 Å². The molecule has 0 aliphatic rings. The summed E-state index contributed by atoms with van der Waals surface area (Å²) < 4.78 is 2.08. The highest BCUT2D eigenvalue weighted by Crippen LogP contribution is 2.27. The van der Waals surface area contributed by atoms with Crippen LogP contribution < -0.4 is 5.32 Å². The lowest BCUT2D eigenvalue weighted by molar-refractivity contribution is 0.607. The Morgan fingerprint density at radius 3 is 2.56 bits per heavy atom. The van der Waals surface area contributed by atoms with Gasteiger partial charge < -0.3 is 9.88 Å². The first-order valence-electron chi connectivity index (χ1n) is 5.75. The summed E-state index contributed by atoms with van der Waals surface area (Å²) in [5, 5.41) is 4.33. The minimum absolute atomic E-state index is 0.344. The fourth-order valence-corrected chi connectivity index (χ4v) is 2.00. The van der Waals surface area contributed by atoms with Crippen LogP contribution in [-0.2, 0) is 0 Å². The van der Waals surface area contributed by atoms with E-state index in [4.69, 9.17) is 23.2 Å². The van der Waals surface area contributed by atoms with Gasteiger partial charge >= 0.3 is 0 Å². The first-order chi connectivity index (χ1) is 8.47. The van der Waals surface area contributed by atoms with Crippen molar-refractivity contribution in [1.29, 1.82) is 0 Å². The van der Waals surface area contributed by atoms with Crippen molar-refractivity contribution in [1.82, 2.24) is 9.55 Å². The normalized spacial score (nSPS) is 11.0. The van der Waals surface area contributed by atoms with Crippen molar-refractivity contribution in [2.45, 2.75) is 26.8 Å². The second-order valence-electron chi connectivity index (χ2n) is 4.46. The number of aromatic nitrogens is 2. The fourth-order valence-electron chi connectivity index (χ4n) is 1.71. The van der Waals surface area contributed by atoms with Crippen LogP contribution in [0, 0.1) is 6.92 Å². The van der Waals surface area contributed by atoms with Gasteiger partial charge in [0.2, 0.25) is 5.95 Å². The lowest BCUT2D eigenvalue weighted by Crippen LogP contribution is -2.05. The van der Waals surface area contributed by atoms with E-state index in [2.05, 4.69) is 28.7 Å².